The lowest BCUT2D eigenvalue weighted by Gasteiger charge is -2.21. The lowest BCUT2D eigenvalue weighted by atomic mass is 10.1. The molecule has 1 heterocycles. The van der Waals surface area contributed by atoms with Gasteiger partial charge in [0.25, 0.3) is 0 Å². The van der Waals surface area contributed by atoms with E-state index in [2.05, 4.69) is 16.5 Å². The van der Waals surface area contributed by atoms with E-state index in [1.54, 1.807) is 4.90 Å². The number of nitrogens with zero attached hydrogens (tertiary/aromatic N) is 4. The SMILES string of the molecule is CCN(CC(=O)NC(C)C)C(=O)CCc1c(C)nn(CCC#N)c1C. The third-order valence-electron chi connectivity index (χ3n) is 4.07. The zero-order chi connectivity index (χ0) is 19.0. The van der Waals surface area contributed by atoms with E-state index in [4.69, 9.17) is 5.26 Å². The molecule has 138 valence electrons. The number of carbonyl (C=O) groups excluding carboxylic acids is 2. The van der Waals surface area contributed by atoms with Crippen molar-refractivity contribution >= 4 is 11.8 Å². The van der Waals surface area contributed by atoms with Crippen molar-refractivity contribution in [3.05, 3.63) is 17.0 Å². The first-order valence-electron chi connectivity index (χ1n) is 8.77. The molecule has 0 bridgehead atoms. The molecule has 1 aromatic rings. The number of nitriles is 1. The van der Waals surface area contributed by atoms with Crippen LogP contribution in [0.25, 0.3) is 0 Å². The fraction of sp³-hybridized carbons (Fsp3) is 0.667. The number of hydrogen-bond acceptors (Lipinski definition) is 4. The van der Waals surface area contributed by atoms with Crippen LogP contribution in [0.1, 0.15) is 50.6 Å². The molecule has 7 nitrogen and oxygen atoms in total. The van der Waals surface area contributed by atoms with Gasteiger partial charge in [0.2, 0.25) is 11.8 Å². The molecular weight excluding hydrogens is 318 g/mol. The number of amides is 2. The van der Waals surface area contributed by atoms with Crippen molar-refractivity contribution in [2.24, 2.45) is 0 Å². The van der Waals surface area contributed by atoms with Gasteiger partial charge in [-0.05, 0) is 46.6 Å². The Balaban J connectivity index is 2.67. The van der Waals surface area contributed by atoms with Gasteiger partial charge in [-0.25, -0.2) is 0 Å². The maximum atomic E-state index is 12.4. The molecule has 0 saturated heterocycles. The van der Waals surface area contributed by atoms with Gasteiger partial charge < -0.3 is 10.2 Å². The van der Waals surface area contributed by atoms with E-state index in [0.717, 1.165) is 17.0 Å². The topological polar surface area (TPSA) is 91.0 Å². The van der Waals surface area contributed by atoms with Crippen molar-refractivity contribution < 1.29 is 9.59 Å². The van der Waals surface area contributed by atoms with Crippen LogP contribution in [0, 0.1) is 25.2 Å². The summed E-state index contributed by atoms with van der Waals surface area (Å²) in [5.41, 5.74) is 2.94. The van der Waals surface area contributed by atoms with E-state index in [0.29, 0.717) is 32.4 Å². The Labute approximate surface area is 150 Å². The summed E-state index contributed by atoms with van der Waals surface area (Å²) in [5, 5.41) is 16.0. The number of hydrogen-bond donors (Lipinski definition) is 1. The van der Waals surface area contributed by atoms with Crippen LogP contribution in [-0.2, 0) is 22.6 Å². The minimum atomic E-state index is -0.137. The van der Waals surface area contributed by atoms with E-state index >= 15 is 0 Å². The third-order valence-corrected chi connectivity index (χ3v) is 4.07. The highest BCUT2D eigenvalue weighted by atomic mass is 16.2. The molecule has 7 heteroatoms. The number of carbonyl (C=O) groups is 2. The summed E-state index contributed by atoms with van der Waals surface area (Å²) < 4.78 is 1.83. The standard InChI is InChI=1S/C18H29N5O2/c1-6-22(12-17(24)20-13(2)3)18(25)9-8-16-14(4)21-23(15(16)5)11-7-10-19/h13H,6-9,11-12H2,1-5H3,(H,20,24). The molecule has 25 heavy (non-hydrogen) atoms. The smallest absolute Gasteiger partial charge is 0.239 e. The van der Waals surface area contributed by atoms with Crippen LogP contribution in [0.5, 0.6) is 0 Å². The number of aromatic nitrogens is 2. The molecule has 0 spiro atoms. The summed E-state index contributed by atoms with van der Waals surface area (Å²) >= 11 is 0. The van der Waals surface area contributed by atoms with Crippen LogP contribution < -0.4 is 5.32 Å². The molecule has 0 aliphatic heterocycles. The Morgan fingerprint density at radius 3 is 2.60 bits per heavy atom. The van der Waals surface area contributed by atoms with Crippen molar-refractivity contribution in [1.29, 1.82) is 5.26 Å². The zero-order valence-corrected chi connectivity index (χ0v) is 15.9. The second-order valence-corrected chi connectivity index (χ2v) is 6.41. The molecule has 2 amide bonds. The summed E-state index contributed by atoms with van der Waals surface area (Å²) in [4.78, 5) is 25.9. The average molecular weight is 347 g/mol. The minimum absolute atomic E-state index is 0.0371. The highest BCUT2D eigenvalue weighted by Gasteiger charge is 2.18. The normalized spacial score (nSPS) is 10.6. The Kier molecular flexibility index (Phi) is 8.12. The first kappa shape index (κ1) is 20.7. The Morgan fingerprint density at radius 1 is 1.36 bits per heavy atom. The van der Waals surface area contributed by atoms with Gasteiger partial charge in [-0.2, -0.15) is 10.4 Å². The summed E-state index contributed by atoms with van der Waals surface area (Å²) in [6, 6.07) is 2.18. The third kappa shape index (κ3) is 6.22. The molecule has 1 N–H and O–H groups in total. The molecule has 0 unspecified atom stereocenters. The molecule has 0 fully saturated rings. The number of aryl methyl sites for hydroxylation is 2. The first-order valence-corrected chi connectivity index (χ1v) is 8.77. The summed E-state index contributed by atoms with van der Waals surface area (Å²) in [7, 11) is 0. The Bertz CT molecular complexity index is 643. The predicted octanol–water partition coefficient (Wildman–Crippen LogP) is 1.72. The lowest BCUT2D eigenvalue weighted by molar-refractivity contribution is -0.136. The summed E-state index contributed by atoms with van der Waals surface area (Å²) in [6.45, 7) is 10.7. The molecule has 0 radical (unpaired) electrons. The molecule has 0 aromatic carbocycles. The molecule has 0 aliphatic rings. The Morgan fingerprint density at radius 2 is 2.04 bits per heavy atom. The van der Waals surface area contributed by atoms with E-state index in [-0.39, 0.29) is 24.4 Å². The number of rotatable bonds is 9. The van der Waals surface area contributed by atoms with Gasteiger partial charge in [-0.1, -0.05) is 0 Å². The van der Waals surface area contributed by atoms with Crippen molar-refractivity contribution in [2.75, 3.05) is 13.1 Å². The van der Waals surface area contributed by atoms with Crippen molar-refractivity contribution in [1.82, 2.24) is 20.0 Å². The van der Waals surface area contributed by atoms with Gasteiger partial charge in [0.05, 0.1) is 31.3 Å². The first-order chi connectivity index (χ1) is 11.8. The number of nitrogens with one attached hydrogen (secondary N) is 1. The lowest BCUT2D eigenvalue weighted by Crippen LogP contribution is -2.42. The molecular formula is C18H29N5O2. The fourth-order valence-corrected chi connectivity index (χ4v) is 2.78. The maximum Gasteiger partial charge on any atom is 0.239 e. The van der Waals surface area contributed by atoms with Crippen LogP contribution >= 0.6 is 0 Å². The fourth-order valence-electron chi connectivity index (χ4n) is 2.78. The summed E-state index contributed by atoms with van der Waals surface area (Å²) in [5.74, 6) is -0.174. The van der Waals surface area contributed by atoms with Crippen molar-refractivity contribution in [2.45, 2.75) is 66.5 Å². The monoisotopic (exact) mass is 347 g/mol. The van der Waals surface area contributed by atoms with Gasteiger partial charge in [0, 0.05) is 24.7 Å². The van der Waals surface area contributed by atoms with Gasteiger partial charge in [-0.3, -0.25) is 14.3 Å². The summed E-state index contributed by atoms with van der Waals surface area (Å²) in [6.07, 6.45) is 1.34. The van der Waals surface area contributed by atoms with E-state index in [1.807, 2.05) is 39.3 Å². The van der Waals surface area contributed by atoms with Crippen molar-refractivity contribution in [3.8, 4) is 6.07 Å². The maximum absolute atomic E-state index is 12.4. The molecule has 1 aromatic heterocycles. The van der Waals surface area contributed by atoms with Crippen LogP contribution in [0.15, 0.2) is 0 Å². The van der Waals surface area contributed by atoms with Gasteiger partial charge >= 0.3 is 0 Å². The average Bonchev–Trinajstić information content (AvgIpc) is 2.81. The highest BCUT2D eigenvalue weighted by molar-refractivity contribution is 5.85. The van der Waals surface area contributed by atoms with Gasteiger partial charge in [0.1, 0.15) is 0 Å². The van der Waals surface area contributed by atoms with Crippen LogP contribution in [0.4, 0.5) is 0 Å². The van der Waals surface area contributed by atoms with Gasteiger partial charge in [0.15, 0.2) is 0 Å². The van der Waals surface area contributed by atoms with E-state index in [1.165, 1.54) is 0 Å². The van der Waals surface area contributed by atoms with Crippen LogP contribution in [-0.4, -0.2) is 45.6 Å². The predicted molar refractivity (Wildman–Crippen MR) is 95.8 cm³/mol. The second kappa shape index (κ2) is 9.82. The Hall–Kier alpha value is -2.36. The molecule has 1 rings (SSSR count). The van der Waals surface area contributed by atoms with Gasteiger partial charge in [-0.15, -0.1) is 0 Å². The van der Waals surface area contributed by atoms with Crippen molar-refractivity contribution in [3.63, 3.8) is 0 Å². The minimum Gasteiger partial charge on any atom is -0.352 e. The highest BCUT2D eigenvalue weighted by Crippen LogP contribution is 2.16. The van der Waals surface area contributed by atoms with E-state index in [9.17, 15) is 9.59 Å². The molecule has 0 saturated carbocycles. The van der Waals surface area contributed by atoms with E-state index < -0.39 is 0 Å². The quantitative estimate of drug-likeness (QED) is 0.736. The largest absolute Gasteiger partial charge is 0.352 e. The molecule has 0 aliphatic carbocycles. The van der Waals surface area contributed by atoms with Crippen LogP contribution in [0.2, 0.25) is 0 Å². The van der Waals surface area contributed by atoms with Crippen LogP contribution in [0.3, 0.4) is 0 Å². The second-order valence-electron chi connectivity index (χ2n) is 6.41. The number of likely N-dealkylation sites (N-methyl/N-ethyl adjacent to an activating group) is 1. The molecule has 0 atom stereocenters. The zero-order valence-electron chi connectivity index (χ0n) is 15.9.